The second kappa shape index (κ2) is 10.2. The van der Waals surface area contributed by atoms with Gasteiger partial charge < -0.3 is 14.9 Å². The number of nitrogens with zero attached hydrogens (tertiary/aromatic N) is 1. The molecule has 1 aromatic heterocycles. The van der Waals surface area contributed by atoms with Gasteiger partial charge in [0.2, 0.25) is 0 Å². The fourth-order valence-corrected chi connectivity index (χ4v) is 4.44. The Bertz CT molecular complexity index is 780. The van der Waals surface area contributed by atoms with Gasteiger partial charge in [-0.05, 0) is 85.6 Å². The van der Waals surface area contributed by atoms with Gasteiger partial charge in [0.1, 0.15) is 0 Å². The van der Waals surface area contributed by atoms with E-state index in [2.05, 4.69) is 18.0 Å². The molecule has 3 rings (SSSR count). The number of aromatic nitrogens is 1. The zero-order valence-electron chi connectivity index (χ0n) is 17.4. The third-order valence-corrected chi connectivity index (χ3v) is 6.24. The van der Waals surface area contributed by atoms with Gasteiger partial charge in [-0.1, -0.05) is 19.1 Å². The lowest BCUT2D eigenvalue weighted by molar-refractivity contribution is 0.0884. The minimum absolute atomic E-state index is 0.204. The third kappa shape index (κ3) is 5.77. The topological polar surface area (TPSA) is 62.6 Å². The van der Waals surface area contributed by atoms with Gasteiger partial charge in [0, 0.05) is 11.9 Å². The zero-order valence-corrected chi connectivity index (χ0v) is 17.4. The minimum Gasteiger partial charge on any atom is -0.494 e. The van der Waals surface area contributed by atoms with E-state index in [-0.39, 0.29) is 12.4 Å². The lowest BCUT2D eigenvalue weighted by Gasteiger charge is -2.18. The van der Waals surface area contributed by atoms with Crippen molar-refractivity contribution < 1.29 is 19.3 Å². The normalized spacial score (nSPS) is 21.1. The monoisotopic (exact) mass is 401 g/mol. The molecular formula is C24H32FNO3. The molecule has 0 radical (unpaired) electrons. The molecule has 0 saturated heterocycles. The maximum Gasteiger partial charge on any atom is 0.165 e. The van der Waals surface area contributed by atoms with E-state index in [1.165, 1.54) is 31.6 Å². The summed E-state index contributed by atoms with van der Waals surface area (Å²) in [6.07, 6.45) is 7.14. The van der Waals surface area contributed by atoms with Crippen molar-refractivity contribution in [2.45, 2.75) is 63.4 Å². The lowest BCUT2D eigenvalue weighted by Crippen LogP contribution is -2.13. The molecule has 1 aromatic carbocycles. The Kier molecular flexibility index (Phi) is 7.62. The van der Waals surface area contributed by atoms with Gasteiger partial charge in [0.05, 0.1) is 19.8 Å². The van der Waals surface area contributed by atoms with Crippen molar-refractivity contribution >= 4 is 0 Å². The Hall–Kier alpha value is -1.98. The van der Waals surface area contributed by atoms with Gasteiger partial charge >= 0.3 is 0 Å². The summed E-state index contributed by atoms with van der Waals surface area (Å²) in [5.41, 5.74) is 3.37. The molecule has 5 heteroatoms. The second-order valence-electron chi connectivity index (χ2n) is 8.36. The maximum atomic E-state index is 13.7. The zero-order chi connectivity index (χ0) is 20.8. The number of aliphatic hydroxyl groups is 2. The molecule has 1 saturated carbocycles. The Morgan fingerprint density at radius 2 is 2.07 bits per heavy atom. The van der Waals surface area contributed by atoms with E-state index < -0.39 is 6.10 Å². The molecule has 1 heterocycles. The number of hydrogen-bond acceptors (Lipinski definition) is 4. The summed E-state index contributed by atoms with van der Waals surface area (Å²) >= 11 is 0. The summed E-state index contributed by atoms with van der Waals surface area (Å²) in [6, 6.07) is 9.39. The lowest BCUT2D eigenvalue weighted by atomic mass is 9.88. The van der Waals surface area contributed by atoms with Gasteiger partial charge in [-0.2, -0.15) is 0 Å². The predicted octanol–water partition coefficient (Wildman–Crippen LogP) is 4.59. The number of rotatable bonds is 9. The molecule has 4 atom stereocenters. The molecule has 29 heavy (non-hydrogen) atoms. The van der Waals surface area contributed by atoms with Crippen molar-refractivity contribution in [2.24, 2.45) is 5.92 Å². The van der Waals surface area contributed by atoms with E-state index >= 15 is 0 Å². The molecule has 1 aliphatic carbocycles. The van der Waals surface area contributed by atoms with Crippen LogP contribution in [0.5, 0.6) is 5.75 Å². The number of methoxy groups -OCH3 is 1. The van der Waals surface area contributed by atoms with Crippen LogP contribution in [0.1, 0.15) is 67.7 Å². The van der Waals surface area contributed by atoms with Crippen molar-refractivity contribution in [1.82, 2.24) is 4.98 Å². The number of halogens is 1. The Balaban J connectivity index is 1.53. The quantitative estimate of drug-likeness (QED) is 0.645. The highest BCUT2D eigenvalue weighted by molar-refractivity contribution is 5.32. The highest BCUT2D eigenvalue weighted by atomic mass is 19.1. The van der Waals surface area contributed by atoms with Crippen molar-refractivity contribution in [1.29, 1.82) is 0 Å². The van der Waals surface area contributed by atoms with Crippen LogP contribution in [0.3, 0.4) is 0 Å². The fraction of sp³-hybridized carbons (Fsp3) is 0.542. The largest absolute Gasteiger partial charge is 0.494 e. The number of ether oxygens (including phenoxy) is 1. The molecule has 2 N–H and O–H groups in total. The van der Waals surface area contributed by atoms with E-state index in [9.17, 15) is 9.50 Å². The SMILES string of the molecule is COc1cc([C@@H](C)C[C@H]2CC[C@@H](c3ccc(CCC(O)CO)nc3)C2)ccc1F. The third-order valence-electron chi connectivity index (χ3n) is 6.24. The number of aryl methyl sites for hydroxylation is 1. The Labute approximate surface area is 172 Å². The highest BCUT2D eigenvalue weighted by Gasteiger charge is 2.27. The van der Waals surface area contributed by atoms with Gasteiger partial charge in [0.15, 0.2) is 11.6 Å². The van der Waals surface area contributed by atoms with Crippen molar-refractivity contribution in [3.8, 4) is 5.75 Å². The molecule has 1 fully saturated rings. The molecule has 0 aliphatic heterocycles. The number of pyridine rings is 1. The maximum absolute atomic E-state index is 13.7. The molecular weight excluding hydrogens is 369 g/mol. The van der Waals surface area contributed by atoms with E-state index in [1.54, 1.807) is 0 Å². The van der Waals surface area contributed by atoms with E-state index in [0.29, 0.717) is 36.3 Å². The van der Waals surface area contributed by atoms with Gasteiger partial charge in [-0.25, -0.2) is 4.39 Å². The van der Waals surface area contributed by atoms with Gasteiger partial charge in [0.25, 0.3) is 0 Å². The highest BCUT2D eigenvalue weighted by Crippen LogP contribution is 2.42. The van der Waals surface area contributed by atoms with E-state index in [0.717, 1.165) is 24.1 Å². The van der Waals surface area contributed by atoms with Gasteiger partial charge in [-0.15, -0.1) is 0 Å². The average molecular weight is 402 g/mol. The second-order valence-corrected chi connectivity index (χ2v) is 8.36. The van der Waals surface area contributed by atoms with E-state index in [1.807, 2.05) is 24.4 Å². The summed E-state index contributed by atoms with van der Waals surface area (Å²) < 4.78 is 18.8. The summed E-state index contributed by atoms with van der Waals surface area (Å²) in [6.45, 7) is 2.00. The van der Waals surface area contributed by atoms with Crippen LogP contribution in [0.2, 0.25) is 0 Å². The number of aliphatic hydroxyl groups excluding tert-OH is 2. The molecule has 158 valence electrons. The van der Waals surface area contributed by atoms with E-state index in [4.69, 9.17) is 9.84 Å². The van der Waals surface area contributed by atoms with Gasteiger partial charge in [-0.3, -0.25) is 4.98 Å². The van der Waals surface area contributed by atoms with Crippen LogP contribution in [0, 0.1) is 11.7 Å². The Morgan fingerprint density at radius 1 is 1.24 bits per heavy atom. The van der Waals surface area contributed by atoms with Crippen LogP contribution >= 0.6 is 0 Å². The molecule has 0 spiro atoms. The summed E-state index contributed by atoms with van der Waals surface area (Å²) in [7, 11) is 1.50. The first kappa shape index (κ1) is 21.7. The van der Waals surface area contributed by atoms with Crippen LogP contribution < -0.4 is 4.74 Å². The van der Waals surface area contributed by atoms with Crippen LogP contribution in [-0.2, 0) is 6.42 Å². The average Bonchev–Trinajstić information content (AvgIpc) is 3.21. The van der Waals surface area contributed by atoms with Crippen LogP contribution in [-0.4, -0.2) is 35.0 Å². The van der Waals surface area contributed by atoms with Crippen LogP contribution in [0.25, 0.3) is 0 Å². The van der Waals surface area contributed by atoms with Crippen molar-refractivity contribution in [3.05, 3.63) is 59.2 Å². The van der Waals surface area contributed by atoms with Crippen LogP contribution in [0.15, 0.2) is 36.5 Å². The smallest absolute Gasteiger partial charge is 0.165 e. The van der Waals surface area contributed by atoms with Crippen molar-refractivity contribution in [3.63, 3.8) is 0 Å². The first-order valence-electron chi connectivity index (χ1n) is 10.6. The summed E-state index contributed by atoms with van der Waals surface area (Å²) in [5, 5.41) is 18.4. The molecule has 1 aliphatic rings. The molecule has 0 bridgehead atoms. The van der Waals surface area contributed by atoms with Crippen LogP contribution in [0.4, 0.5) is 4.39 Å². The number of benzene rings is 1. The summed E-state index contributed by atoms with van der Waals surface area (Å²) in [4.78, 5) is 4.55. The standard InChI is InChI=1S/C24H32FNO3/c1-16(18-6-10-23(25)24(13-18)29-2)11-17-3-4-19(12-17)20-5-7-21(26-14-20)8-9-22(28)15-27/h5-7,10,13-14,16-17,19,22,27-28H,3-4,8-9,11-12,15H2,1-2H3/t16-,17+,19+,22?/m0/s1. The van der Waals surface area contributed by atoms with Crippen molar-refractivity contribution in [2.75, 3.05) is 13.7 Å². The number of hydrogen-bond donors (Lipinski definition) is 2. The Morgan fingerprint density at radius 3 is 2.76 bits per heavy atom. The first-order valence-corrected chi connectivity index (χ1v) is 10.6. The summed E-state index contributed by atoms with van der Waals surface area (Å²) in [5.74, 6) is 1.57. The molecule has 1 unspecified atom stereocenters. The molecule has 0 amide bonds. The molecule has 2 aromatic rings. The first-order chi connectivity index (χ1) is 14.0. The minimum atomic E-state index is -0.671. The fourth-order valence-electron chi connectivity index (χ4n) is 4.44. The predicted molar refractivity (Wildman–Crippen MR) is 112 cm³/mol. The molecule has 4 nitrogen and oxygen atoms in total.